The van der Waals surface area contributed by atoms with E-state index in [0.29, 0.717) is 29.9 Å². The van der Waals surface area contributed by atoms with Gasteiger partial charge in [-0.1, -0.05) is 24.4 Å². The lowest BCUT2D eigenvalue weighted by atomic mass is 9.97. The molecule has 0 aromatic heterocycles. The summed E-state index contributed by atoms with van der Waals surface area (Å²) in [6.07, 6.45) is 1.86. The Morgan fingerprint density at radius 1 is 1.33 bits per heavy atom. The third kappa shape index (κ3) is 4.01. The lowest BCUT2D eigenvalue weighted by molar-refractivity contribution is -0.143. The van der Waals surface area contributed by atoms with Crippen LogP contribution in [0.15, 0.2) is 24.3 Å². The van der Waals surface area contributed by atoms with E-state index >= 15 is 0 Å². The zero-order chi connectivity index (χ0) is 15.4. The van der Waals surface area contributed by atoms with Crippen LogP contribution < -0.4 is 5.73 Å². The number of carbonyl (C=O) groups excluding carboxylic acids is 1. The zero-order valence-corrected chi connectivity index (χ0v) is 12.4. The highest BCUT2D eigenvalue weighted by Gasteiger charge is 2.28. The van der Waals surface area contributed by atoms with E-state index in [2.05, 4.69) is 0 Å². The van der Waals surface area contributed by atoms with Crippen molar-refractivity contribution in [3.05, 3.63) is 35.4 Å². The van der Waals surface area contributed by atoms with Gasteiger partial charge in [0.15, 0.2) is 0 Å². The van der Waals surface area contributed by atoms with Crippen molar-refractivity contribution in [2.45, 2.75) is 19.3 Å². The van der Waals surface area contributed by atoms with Crippen molar-refractivity contribution in [3.63, 3.8) is 0 Å². The number of carbonyl (C=O) groups is 2. The highest BCUT2D eigenvalue weighted by atomic mass is 32.1. The third-order valence-corrected chi connectivity index (χ3v) is 3.78. The maximum atomic E-state index is 12.4. The number of thiocarbonyl (C=S) groups is 1. The first kappa shape index (κ1) is 15.4. The topological polar surface area (TPSA) is 83.6 Å². The second kappa shape index (κ2) is 6.67. The summed E-state index contributed by atoms with van der Waals surface area (Å²) in [5.41, 5.74) is 7.01. The maximum Gasteiger partial charge on any atom is 0.308 e. The van der Waals surface area contributed by atoms with Crippen LogP contribution in [0.2, 0.25) is 0 Å². The molecule has 1 aliphatic heterocycles. The SMILES string of the molecule is NC(=S)Cc1ccc(C(=O)N2CCCC(C(=O)O)C2)cc1. The number of benzene rings is 1. The van der Waals surface area contributed by atoms with Crippen molar-refractivity contribution in [2.75, 3.05) is 13.1 Å². The van der Waals surface area contributed by atoms with Gasteiger partial charge in [-0.3, -0.25) is 9.59 Å². The molecule has 5 nitrogen and oxygen atoms in total. The van der Waals surface area contributed by atoms with E-state index in [4.69, 9.17) is 23.1 Å². The summed E-state index contributed by atoms with van der Waals surface area (Å²) in [6, 6.07) is 7.12. The quantitative estimate of drug-likeness (QED) is 0.823. The first-order valence-electron chi connectivity index (χ1n) is 6.86. The fourth-order valence-electron chi connectivity index (χ4n) is 2.51. The van der Waals surface area contributed by atoms with Crippen LogP contribution >= 0.6 is 12.2 Å². The van der Waals surface area contributed by atoms with Gasteiger partial charge in [0.25, 0.3) is 5.91 Å². The van der Waals surface area contributed by atoms with Gasteiger partial charge in [0.1, 0.15) is 0 Å². The molecule has 1 fully saturated rings. The minimum atomic E-state index is -0.834. The number of hydrogen-bond donors (Lipinski definition) is 2. The maximum absolute atomic E-state index is 12.4. The van der Waals surface area contributed by atoms with Crippen LogP contribution in [0.1, 0.15) is 28.8 Å². The Hall–Kier alpha value is -1.95. The number of amides is 1. The van der Waals surface area contributed by atoms with Gasteiger partial charge in [-0.15, -0.1) is 0 Å². The van der Waals surface area contributed by atoms with Gasteiger partial charge in [0.2, 0.25) is 0 Å². The molecule has 0 aliphatic carbocycles. The number of hydrogen-bond acceptors (Lipinski definition) is 3. The molecular formula is C15H18N2O3S. The minimum Gasteiger partial charge on any atom is -0.481 e. The predicted molar refractivity (Wildman–Crippen MR) is 83.2 cm³/mol. The van der Waals surface area contributed by atoms with Gasteiger partial charge in [-0.05, 0) is 30.5 Å². The van der Waals surface area contributed by atoms with Crippen LogP contribution in [0.5, 0.6) is 0 Å². The lowest BCUT2D eigenvalue weighted by Gasteiger charge is -2.30. The summed E-state index contributed by atoms with van der Waals surface area (Å²) in [5, 5.41) is 9.07. The monoisotopic (exact) mass is 306 g/mol. The Kier molecular flexibility index (Phi) is 4.90. The first-order chi connectivity index (χ1) is 9.97. The van der Waals surface area contributed by atoms with Crippen molar-refractivity contribution >= 4 is 29.1 Å². The fourth-order valence-corrected chi connectivity index (χ4v) is 2.68. The molecule has 1 saturated heterocycles. The molecule has 112 valence electrons. The van der Waals surface area contributed by atoms with E-state index < -0.39 is 11.9 Å². The zero-order valence-electron chi connectivity index (χ0n) is 11.6. The summed E-state index contributed by atoms with van der Waals surface area (Å²) < 4.78 is 0. The number of piperidine rings is 1. The summed E-state index contributed by atoms with van der Waals surface area (Å²) in [6.45, 7) is 0.889. The minimum absolute atomic E-state index is 0.122. The molecule has 1 aromatic rings. The molecule has 1 aromatic carbocycles. The van der Waals surface area contributed by atoms with Gasteiger partial charge in [0, 0.05) is 25.1 Å². The molecule has 0 spiro atoms. The van der Waals surface area contributed by atoms with E-state index in [-0.39, 0.29) is 12.5 Å². The van der Waals surface area contributed by atoms with E-state index in [0.717, 1.165) is 12.0 Å². The molecule has 1 heterocycles. The normalized spacial score (nSPS) is 18.3. The average Bonchev–Trinajstić information content (AvgIpc) is 2.47. The number of nitrogens with zero attached hydrogens (tertiary/aromatic N) is 1. The molecule has 0 bridgehead atoms. The highest BCUT2D eigenvalue weighted by molar-refractivity contribution is 7.80. The number of carboxylic acids is 1. The molecule has 1 amide bonds. The van der Waals surface area contributed by atoms with Crippen LogP contribution in [-0.4, -0.2) is 40.0 Å². The van der Waals surface area contributed by atoms with Crippen molar-refractivity contribution < 1.29 is 14.7 Å². The number of likely N-dealkylation sites (tertiary alicyclic amines) is 1. The Balaban J connectivity index is 2.05. The Labute approximate surface area is 128 Å². The van der Waals surface area contributed by atoms with Crippen LogP contribution in [0.4, 0.5) is 0 Å². The summed E-state index contributed by atoms with van der Waals surface area (Å²) in [4.78, 5) is 25.5. The van der Waals surface area contributed by atoms with E-state index in [1.165, 1.54) is 0 Å². The molecule has 2 rings (SSSR count). The van der Waals surface area contributed by atoms with Gasteiger partial charge in [-0.25, -0.2) is 0 Å². The standard InChI is InChI=1S/C15H18N2O3S/c16-13(21)8-10-3-5-11(6-4-10)14(18)17-7-1-2-12(9-17)15(19)20/h3-6,12H,1-2,7-9H2,(H2,16,21)(H,19,20). The molecular weight excluding hydrogens is 288 g/mol. The molecule has 1 unspecified atom stereocenters. The second-order valence-corrected chi connectivity index (χ2v) is 5.79. The lowest BCUT2D eigenvalue weighted by Crippen LogP contribution is -2.42. The fraction of sp³-hybridized carbons (Fsp3) is 0.400. The van der Waals surface area contributed by atoms with Crippen LogP contribution in [0, 0.1) is 5.92 Å². The number of rotatable bonds is 4. The van der Waals surface area contributed by atoms with Crippen molar-refractivity contribution in [3.8, 4) is 0 Å². The number of aliphatic carboxylic acids is 1. The number of nitrogens with two attached hydrogens (primary N) is 1. The molecule has 1 atom stereocenters. The predicted octanol–water partition coefficient (Wildman–Crippen LogP) is 1.45. The highest BCUT2D eigenvalue weighted by Crippen LogP contribution is 2.19. The molecule has 21 heavy (non-hydrogen) atoms. The summed E-state index contributed by atoms with van der Waals surface area (Å²) >= 11 is 4.85. The summed E-state index contributed by atoms with van der Waals surface area (Å²) in [7, 11) is 0. The summed E-state index contributed by atoms with van der Waals surface area (Å²) in [5.74, 6) is -1.42. The molecule has 0 saturated carbocycles. The van der Waals surface area contributed by atoms with E-state index in [1.54, 1.807) is 17.0 Å². The molecule has 6 heteroatoms. The molecule has 3 N–H and O–H groups in total. The molecule has 1 aliphatic rings. The van der Waals surface area contributed by atoms with E-state index in [1.807, 2.05) is 12.1 Å². The van der Waals surface area contributed by atoms with Crippen LogP contribution in [0.25, 0.3) is 0 Å². The van der Waals surface area contributed by atoms with Crippen molar-refractivity contribution in [2.24, 2.45) is 11.7 Å². The van der Waals surface area contributed by atoms with Gasteiger partial charge >= 0.3 is 5.97 Å². The van der Waals surface area contributed by atoms with Gasteiger partial charge in [-0.2, -0.15) is 0 Å². The third-order valence-electron chi connectivity index (χ3n) is 3.64. The largest absolute Gasteiger partial charge is 0.481 e. The average molecular weight is 306 g/mol. The van der Waals surface area contributed by atoms with Gasteiger partial charge in [0.05, 0.1) is 10.9 Å². The Morgan fingerprint density at radius 3 is 2.57 bits per heavy atom. The Bertz CT molecular complexity index is 557. The number of carboxylic acid groups (broad SMARTS) is 1. The first-order valence-corrected chi connectivity index (χ1v) is 7.27. The van der Waals surface area contributed by atoms with Gasteiger partial charge < -0.3 is 15.7 Å². The second-order valence-electron chi connectivity index (χ2n) is 5.27. The van der Waals surface area contributed by atoms with Crippen LogP contribution in [0.3, 0.4) is 0 Å². The van der Waals surface area contributed by atoms with Crippen molar-refractivity contribution in [1.82, 2.24) is 4.90 Å². The van der Waals surface area contributed by atoms with Crippen LogP contribution in [-0.2, 0) is 11.2 Å². The van der Waals surface area contributed by atoms with E-state index in [9.17, 15) is 9.59 Å². The smallest absolute Gasteiger partial charge is 0.308 e. The molecule has 0 radical (unpaired) electrons. The van der Waals surface area contributed by atoms with Crippen molar-refractivity contribution in [1.29, 1.82) is 0 Å². The Morgan fingerprint density at radius 2 is 2.00 bits per heavy atom.